The Morgan fingerprint density at radius 1 is 0.553 bits per heavy atom. The van der Waals surface area contributed by atoms with E-state index in [-0.39, 0.29) is 0 Å². The van der Waals surface area contributed by atoms with Crippen molar-refractivity contribution in [1.29, 1.82) is 0 Å². The summed E-state index contributed by atoms with van der Waals surface area (Å²) in [5.74, 6) is 5.82. The normalized spacial score (nSPS) is 11.3. The summed E-state index contributed by atoms with van der Waals surface area (Å²) in [6, 6.07) is 25.3. The average molecular weight is 487 g/mol. The monoisotopic (exact) mass is 486 g/mol. The smallest absolute Gasteiger partial charge is 0.0841 e. The average Bonchev–Trinajstić information content (AvgIpc) is 3.47. The van der Waals surface area contributed by atoms with Gasteiger partial charge >= 0.3 is 0 Å². The van der Waals surface area contributed by atoms with E-state index in [9.17, 15) is 0 Å². The zero-order valence-electron chi connectivity index (χ0n) is 20.6. The highest BCUT2D eigenvalue weighted by atomic mass is 15.0. The molecule has 7 aromatic rings. The number of benzene rings is 3. The van der Waals surface area contributed by atoms with Crippen LogP contribution in [0.4, 0.5) is 0 Å². The van der Waals surface area contributed by atoms with E-state index in [0.717, 1.165) is 65.9 Å². The lowest BCUT2D eigenvalue weighted by atomic mass is 9.90. The van der Waals surface area contributed by atoms with Crippen molar-refractivity contribution in [2.45, 2.75) is 13.1 Å². The third-order valence-corrected chi connectivity index (χ3v) is 7.35. The lowest BCUT2D eigenvalue weighted by Crippen LogP contribution is -2.00. The predicted molar refractivity (Wildman–Crippen MR) is 157 cm³/mol. The second-order valence-electron chi connectivity index (χ2n) is 9.28. The van der Waals surface area contributed by atoms with E-state index in [2.05, 4.69) is 104 Å². The molecular formula is C34H22N4. The Bertz CT molecular complexity index is 1930. The Morgan fingerprint density at radius 3 is 1.34 bits per heavy atom. The Hall–Kier alpha value is -5.32. The predicted octanol–water partition coefficient (Wildman–Crippen LogP) is 7.29. The van der Waals surface area contributed by atoms with E-state index in [1.807, 2.05) is 24.8 Å². The van der Waals surface area contributed by atoms with E-state index in [1.165, 1.54) is 0 Å². The summed E-state index contributed by atoms with van der Waals surface area (Å²) >= 11 is 0. The van der Waals surface area contributed by atoms with Crippen molar-refractivity contribution in [3.05, 3.63) is 97.6 Å². The molecular weight excluding hydrogens is 464 g/mol. The fourth-order valence-electron chi connectivity index (χ4n) is 5.98. The molecule has 0 aliphatic heterocycles. The second-order valence-corrected chi connectivity index (χ2v) is 9.28. The quantitative estimate of drug-likeness (QED) is 0.245. The van der Waals surface area contributed by atoms with Crippen molar-refractivity contribution in [3.8, 4) is 46.9 Å². The number of para-hydroxylation sites is 2. The summed E-state index contributed by atoms with van der Waals surface area (Å²) < 4.78 is 4.55. The molecule has 0 saturated heterocycles. The molecule has 178 valence electrons. The zero-order chi connectivity index (χ0) is 25.6. The number of aromatic nitrogens is 4. The molecule has 0 fully saturated rings. The van der Waals surface area contributed by atoms with Crippen LogP contribution in [0.5, 0.6) is 0 Å². The van der Waals surface area contributed by atoms with Gasteiger partial charge < -0.3 is 9.13 Å². The van der Waals surface area contributed by atoms with Crippen LogP contribution >= 0.6 is 0 Å². The van der Waals surface area contributed by atoms with Crippen molar-refractivity contribution in [1.82, 2.24) is 19.1 Å². The maximum Gasteiger partial charge on any atom is 0.0841 e. The number of rotatable bonds is 4. The van der Waals surface area contributed by atoms with Gasteiger partial charge in [-0.2, -0.15) is 0 Å². The molecule has 4 aromatic heterocycles. The SMILES string of the molecule is C#CCn1c2ccccc2c2c(-c3ccncc3)c3c(c(-c4ccncc4)c21)c1ccccc1n3CC#C. The molecule has 0 unspecified atom stereocenters. The molecule has 4 heterocycles. The van der Waals surface area contributed by atoms with Crippen LogP contribution < -0.4 is 0 Å². The first-order valence-electron chi connectivity index (χ1n) is 12.5. The van der Waals surface area contributed by atoms with E-state index >= 15 is 0 Å². The molecule has 0 aliphatic rings. The summed E-state index contributed by atoms with van der Waals surface area (Å²) in [5, 5.41) is 4.61. The minimum absolute atomic E-state index is 0.451. The third-order valence-electron chi connectivity index (χ3n) is 7.35. The molecule has 0 bridgehead atoms. The van der Waals surface area contributed by atoms with Crippen LogP contribution in [-0.2, 0) is 13.1 Å². The molecule has 0 aliphatic carbocycles. The molecule has 0 atom stereocenters. The Kier molecular flexibility index (Phi) is 5.00. The Balaban J connectivity index is 1.90. The second kappa shape index (κ2) is 8.66. The molecule has 38 heavy (non-hydrogen) atoms. The molecule has 0 spiro atoms. The molecule has 0 N–H and O–H groups in total. The minimum Gasteiger partial charge on any atom is -0.328 e. The first-order valence-corrected chi connectivity index (χ1v) is 12.5. The first-order chi connectivity index (χ1) is 18.8. The molecule has 7 rings (SSSR count). The van der Waals surface area contributed by atoms with Gasteiger partial charge in [0.15, 0.2) is 0 Å². The van der Waals surface area contributed by atoms with Gasteiger partial charge in [-0.05, 0) is 47.5 Å². The lowest BCUT2D eigenvalue weighted by molar-refractivity contribution is 0.921. The van der Waals surface area contributed by atoms with Gasteiger partial charge in [0.1, 0.15) is 0 Å². The summed E-state index contributed by atoms with van der Waals surface area (Å²) in [7, 11) is 0. The molecule has 0 saturated carbocycles. The minimum atomic E-state index is 0.451. The first kappa shape index (κ1) is 21.9. The van der Waals surface area contributed by atoms with E-state index in [4.69, 9.17) is 12.8 Å². The summed E-state index contributed by atoms with van der Waals surface area (Å²) in [6.45, 7) is 0.902. The number of pyridine rings is 2. The van der Waals surface area contributed by atoms with E-state index < -0.39 is 0 Å². The fourth-order valence-corrected chi connectivity index (χ4v) is 5.98. The number of hydrogen-bond acceptors (Lipinski definition) is 2. The van der Waals surface area contributed by atoms with Gasteiger partial charge in [0.05, 0.1) is 35.2 Å². The number of terminal acetylenes is 2. The van der Waals surface area contributed by atoms with Crippen LogP contribution in [0.2, 0.25) is 0 Å². The van der Waals surface area contributed by atoms with Crippen LogP contribution in [-0.4, -0.2) is 19.1 Å². The molecule has 4 heteroatoms. The number of nitrogens with zero attached hydrogens (tertiary/aromatic N) is 4. The topological polar surface area (TPSA) is 35.6 Å². The summed E-state index contributed by atoms with van der Waals surface area (Å²) in [6.07, 6.45) is 19.3. The van der Waals surface area contributed by atoms with Crippen molar-refractivity contribution < 1.29 is 0 Å². The summed E-state index contributed by atoms with van der Waals surface area (Å²) in [5.41, 5.74) is 8.86. The standard InChI is InChI=1S/C34H22N4/c1-3-21-37-27-11-7-5-9-25(27)31-30(24-15-19-36-20-16-24)34-32(29(33(31)37)23-13-17-35-18-14-23)26-10-6-8-12-28(26)38(34)22-4-2/h1-2,5-20H,21-22H2. The van der Waals surface area contributed by atoms with Gasteiger partial charge in [-0.15, -0.1) is 12.8 Å². The van der Waals surface area contributed by atoms with E-state index in [0.29, 0.717) is 13.1 Å². The molecule has 0 radical (unpaired) electrons. The van der Waals surface area contributed by atoms with Gasteiger partial charge in [0, 0.05) is 57.5 Å². The summed E-state index contributed by atoms with van der Waals surface area (Å²) in [4.78, 5) is 8.63. The Labute approximate surface area is 220 Å². The highest BCUT2D eigenvalue weighted by molar-refractivity contribution is 6.32. The van der Waals surface area contributed by atoms with Crippen molar-refractivity contribution in [3.63, 3.8) is 0 Å². The lowest BCUT2D eigenvalue weighted by Gasteiger charge is -2.17. The molecule has 4 nitrogen and oxygen atoms in total. The van der Waals surface area contributed by atoms with Crippen LogP contribution in [0, 0.1) is 24.7 Å². The molecule has 3 aromatic carbocycles. The Morgan fingerprint density at radius 2 is 0.947 bits per heavy atom. The van der Waals surface area contributed by atoms with Crippen LogP contribution in [0.15, 0.2) is 97.6 Å². The maximum absolute atomic E-state index is 5.97. The van der Waals surface area contributed by atoms with Crippen LogP contribution in [0.3, 0.4) is 0 Å². The zero-order valence-corrected chi connectivity index (χ0v) is 20.6. The van der Waals surface area contributed by atoms with Crippen molar-refractivity contribution >= 4 is 43.6 Å². The number of fused-ring (bicyclic) bond motifs is 6. The van der Waals surface area contributed by atoms with Gasteiger partial charge in [-0.3, -0.25) is 9.97 Å². The van der Waals surface area contributed by atoms with Crippen molar-refractivity contribution in [2.24, 2.45) is 0 Å². The van der Waals surface area contributed by atoms with Gasteiger partial charge in [-0.25, -0.2) is 0 Å². The maximum atomic E-state index is 5.97. The van der Waals surface area contributed by atoms with Crippen molar-refractivity contribution in [2.75, 3.05) is 0 Å². The van der Waals surface area contributed by atoms with Gasteiger partial charge in [0.2, 0.25) is 0 Å². The highest BCUT2D eigenvalue weighted by Crippen LogP contribution is 2.50. The number of hydrogen-bond donors (Lipinski definition) is 0. The van der Waals surface area contributed by atoms with Gasteiger partial charge in [-0.1, -0.05) is 48.2 Å². The van der Waals surface area contributed by atoms with Gasteiger partial charge in [0.25, 0.3) is 0 Å². The van der Waals surface area contributed by atoms with Crippen LogP contribution in [0.25, 0.3) is 65.9 Å². The van der Waals surface area contributed by atoms with E-state index in [1.54, 1.807) is 0 Å². The largest absolute Gasteiger partial charge is 0.328 e. The molecule has 0 amide bonds. The van der Waals surface area contributed by atoms with Crippen LogP contribution in [0.1, 0.15) is 0 Å². The highest BCUT2D eigenvalue weighted by Gasteiger charge is 2.27. The fraction of sp³-hybridized carbons (Fsp3) is 0.0588. The third kappa shape index (κ3) is 3.01.